The lowest BCUT2D eigenvalue weighted by atomic mass is 10.1. The lowest BCUT2D eigenvalue weighted by Gasteiger charge is -2.23. The van der Waals surface area contributed by atoms with Crippen LogP contribution < -0.4 is 14.4 Å². The number of aliphatic hydroxyl groups is 1. The summed E-state index contributed by atoms with van der Waals surface area (Å²) in [6.45, 7) is 1.86. The van der Waals surface area contributed by atoms with Crippen molar-refractivity contribution in [2.45, 2.75) is 18.9 Å². The van der Waals surface area contributed by atoms with Crippen LogP contribution in [0.1, 0.15) is 24.5 Å². The molecule has 0 saturated carbocycles. The van der Waals surface area contributed by atoms with Crippen molar-refractivity contribution in [1.29, 1.82) is 0 Å². The Morgan fingerprint density at radius 3 is 2.30 bits per heavy atom. The first-order valence-electron chi connectivity index (χ1n) is 6.50. The smallest absolute Gasteiger partial charge is 0.337 e. The lowest BCUT2D eigenvalue weighted by Crippen LogP contribution is -2.19. The minimum absolute atomic E-state index is 0.194. The third kappa shape index (κ3) is 2.65. The highest BCUT2D eigenvalue weighted by molar-refractivity contribution is 5.77. The van der Waals surface area contributed by atoms with Gasteiger partial charge in [-0.3, -0.25) is 0 Å². The van der Waals surface area contributed by atoms with Crippen molar-refractivity contribution in [3.05, 3.63) is 17.7 Å². The Hall–Kier alpha value is -1.95. The fraction of sp³-hybridized carbons (Fsp3) is 0.500. The number of methoxy groups -OCH3 is 2. The molecule has 1 saturated heterocycles. The summed E-state index contributed by atoms with van der Waals surface area (Å²) in [7, 11) is 2.98. The van der Waals surface area contributed by atoms with Gasteiger partial charge in [-0.2, -0.15) is 0 Å². The molecule has 0 aliphatic carbocycles. The van der Waals surface area contributed by atoms with E-state index in [0.717, 1.165) is 31.6 Å². The van der Waals surface area contributed by atoms with E-state index < -0.39 is 12.1 Å². The first kappa shape index (κ1) is 14.5. The number of hydrogen-bond acceptors (Lipinski definition) is 5. The molecule has 0 spiro atoms. The Morgan fingerprint density at radius 1 is 1.20 bits per heavy atom. The van der Waals surface area contributed by atoms with E-state index in [-0.39, 0.29) is 5.56 Å². The first-order valence-corrected chi connectivity index (χ1v) is 6.50. The van der Waals surface area contributed by atoms with E-state index >= 15 is 0 Å². The summed E-state index contributed by atoms with van der Waals surface area (Å²) < 4.78 is 10.5. The molecule has 6 heteroatoms. The Kier molecular flexibility index (Phi) is 4.34. The maximum Gasteiger partial charge on any atom is 0.337 e. The Morgan fingerprint density at radius 2 is 1.80 bits per heavy atom. The van der Waals surface area contributed by atoms with Gasteiger partial charge in [0.05, 0.1) is 19.9 Å². The van der Waals surface area contributed by atoms with Crippen LogP contribution in [-0.2, 0) is 4.79 Å². The van der Waals surface area contributed by atoms with E-state index in [1.54, 1.807) is 6.07 Å². The zero-order valence-electron chi connectivity index (χ0n) is 11.6. The largest absolute Gasteiger partial charge is 0.496 e. The highest BCUT2D eigenvalue weighted by Gasteiger charge is 2.25. The molecule has 0 aromatic heterocycles. The normalized spacial score (nSPS) is 16.1. The monoisotopic (exact) mass is 281 g/mol. The van der Waals surface area contributed by atoms with E-state index in [9.17, 15) is 9.90 Å². The fourth-order valence-corrected chi connectivity index (χ4v) is 2.46. The zero-order valence-corrected chi connectivity index (χ0v) is 11.6. The van der Waals surface area contributed by atoms with Gasteiger partial charge in [0, 0.05) is 24.7 Å². The Bertz CT molecular complexity index is 497. The van der Waals surface area contributed by atoms with Crippen LogP contribution in [0.4, 0.5) is 5.69 Å². The number of anilines is 1. The predicted molar refractivity (Wildman–Crippen MR) is 73.6 cm³/mol. The maximum atomic E-state index is 11.0. The number of carboxylic acid groups (broad SMARTS) is 1. The molecule has 2 N–H and O–H groups in total. The van der Waals surface area contributed by atoms with Gasteiger partial charge in [0.2, 0.25) is 0 Å². The summed E-state index contributed by atoms with van der Waals surface area (Å²) in [6.07, 6.45) is 0.599. The van der Waals surface area contributed by atoms with Crippen LogP contribution in [0.25, 0.3) is 0 Å². The second kappa shape index (κ2) is 6.00. The number of aliphatic hydroxyl groups excluding tert-OH is 1. The summed E-state index contributed by atoms with van der Waals surface area (Å²) in [5.74, 6) is -0.426. The van der Waals surface area contributed by atoms with Crippen molar-refractivity contribution in [2.75, 3.05) is 32.2 Å². The number of nitrogens with zero attached hydrogens (tertiary/aromatic N) is 1. The molecule has 110 valence electrons. The van der Waals surface area contributed by atoms with Gasteiger partial charge in [-0.15, -0.1) is 0 Å². The van der Waals surface area contributed by atoms with Crippen molar-refractivity contribution in [1.82, 2.24) is 0 Å². The van der Waals surface area contributed by atoms with Gasteiger partial charge in [0.25, 0.3) is 0 Å². The summed E-state index contributed by atoms with van der Waals surface area (Å²) >= 11 is 0. The second-order valence-corrected chi connectivity index (χ2v) is 4.70. The SMILES string of the molecule is COc1cc(N2CCCC2)c(OC)cc1C(O)C(=O)O. The maximum absolute atomic E-state index is 11.0. The van der Waals surface area contributed by atoms with Gasteiger partial charge in [0.1, 0.15) is 11.5 Å². The van der Waals surface area contributed by atoms with Gasteiger partial charge in [-0.05, 0) is 18.9 Å². The molecule has 0 bridgehead atoms. The van der Waals surface area contributed by atoms with Gasteiger partial charge >= 0.3 is 5.97 Å². The van der Waals surface area contributed by atoms with E-state index in [1.807, 2.05) is 0 Å². The highest BCUT2D eigenvalue weighted by atomic mass is 16.5. The summed E-state index contributed by atoms with van der Waals surface area (Å²) in [4.78, 5) is 13.1. The Labute approximate surface area is 117 Å². The average molecular weight is 281 g/mol. The van der Waals surface area contributed by atoms with E-state index in [0.29, 0.717) is 11.5 Å². The van der Waals surface area contributed by atoms with E-state index in [2.05, 4.69) is 4.90 Å². The van der Waals surface area contributed by atoms with Gasteiger partial charge in [-0.1, -0.05) is 0 Å². The number of carboxylic acids is 1. The molecule has 1 unspecified atom stereocenters. The van der Waals surface area contributed by atoms with Gasteiger partial charge < -0.3 is 24.6 Å². The van der Waals surface area contributed by atoms with Crippen LogP contribution in [0.15, 0.2) is 12.1 Å². The van der Waals surface area contributed by atoms with Gasteiger partial charge in [0.15, 0.2) is 6.10 Å². The number of hydrogen-bond donors (Lipinski definition) is 2. The second-order valence-electron chi connectivity index (χ2n) is 4.70. The van der Waals surface area contributed by atoms with Crippen molar-refractivity contribution in [2.24, 2.45) is 0 Å². The van der Waals surface area contributed by atoms with Gasteiger partial charge in [-0.25, -0.2) is 4.79 Å². The minimum Gasteiger partial charge on any atom is -0.496 e. The van der Waals surface area contributed by atoms with Crippen LogP contribution in [0.3, 0.4) is 0 Å². The summed E-state index contributed by atoms with van der Waals surface area (Å²) in [5, 5.41) is 18.7. The molecule has 1 aromatic carbocycles. The molecule has 1 atom stereocenters. The van der Waals surface area contributed by atoms with Crippen molar-refractivity contribution in [3.63, 3.8) is 0 Å². The number of ether oxygens (including phenoxy) is 2. The first-order chi connectivity index (χ1) is 9.58. The molecule has 2 rings (SSSR count). The van der Waals surface area contributed by atoms with Crippen molar-refractivity contribution in [3.8, 4) is 11.5 Å². The van der Waals surface area contributed by atoms with E-state index in [1.165, 1.54) is 20.3 Å². The predicted octanol–water partition coefficient (Wildman–Crippen LogP) is 1.42. The average Bonchev–Trinajstić information content (AvgIpc) is 2.98. The summed E-state index contributed by atoms with van der Waals surface area (Å²) in [6, 6.07) is 3.26. The molecular weight excluding hydrogens is 262 g/mol. The summed E-state index contributed by atoms with van der Waals surface area (Å²) in [5.41, 5.74) is 1.06. The fourth-order valence-electron chi connectivity index (χ4n) is 2.46. The molecule has 1 fully saturated rings. The van der Waals surface area contributed by atoms with E-state index in [4.69, 9.17) is 14.6 Å². The van der Waals surface area contributed by atoms with Crippen LogP contribution in [-0.4, -0.2) is 43.5 Å². The molecular formula is C14H19NO5. The number of carbonyl (C=O) groups is 1. The zero-order chi connectivity index (χ0) is 14.7. The Balaban J connectivity index is 2.47. The molecule has 1 heterocycles. The standard InChI is InChI=1S/C14H19NO5/c1-19-11-8-10(15-5-3-4-6-15)12(20-2)7-9(11)13(16)14(17)18/h7-8,13,16H,3-6H2,1-2H3,(H,17,18). The third-order valence-electron chi connectivity index (χ3n) is 3.51. The molecule has 1 aliphatic rings. The third-order valence-corrected chi connectivity index (χ3v) is 3.51. The molecule has 0 radical (unpaired) electrons. The topological polar surface area (TPSA) is 79.2 Å². The lowest BCUT2D eigenvalue weighted by molar-refractivity contribution is -0.147. The number of rotatable bonds is 5. The van der Waals surface area contributed by atoms with Crippen LogP contribution >= 0.6 is 0 Å². The molecule has 6 nitrogen and oxygen atoms in total. The van der Waals surface area contributed by atoms with Crippen LogP contribution in [0.2, 0.25) is 0 Å². The van der Waals surface area contributed by atoms with Crippen molar-refractivity contribution < 1.29 is 24.5 Å². The molecule has 20 heavy (non-hydrogen) atoms. The minimum atomic E-state index is -1.63. The molecule has 0 amide bonds. The number of benzene rings is 1. The van der Waals surface area contributed by atoms with Crippen LogP contribution in [0.5, 0.6) is 11.5 Å². The number of aliphatic carboxylic acids is 1. The molecule has 1 aliphatic heterocycles. The van der Waals surface area contributed by atoms with Crippen molar-refractivity contribution >= 4 is 11.7 Å². The quantitative estimate of drug-likeness (QED) is 0.850. The molecule has 1 aromatic rings. The highest BCUT2D eigenvalue weighted by Crippen LogP contribution is 2.39. The van der Waals surface area contributed by atoms with Crippen LogP contribution in [0, 0.1) is 0 Å².